The first kappa shape index (κ1) is 22.8. The van der Waals surface area contributed by atoms with Crippen LogP contribution in [0.5, 0.6) is 0 Å². The maximum atomic E-state index is 13.2. The third-order valence-corrected chi connectivity index (χ3v) is 6.40. The lowest BCUT2D eigenvalue weighted by molar-refractivity contribution is -0.151. The molecule has 0 fully saturated rings. The SMILES string of the molecule is CCOC(=O)C(CCCN(Cc1ccccc1)S(=O)(=O)c1ccccc1)C(C)=O. The first-order valence-corrected chi connectivity index (χ1v) is 11.1. The van der Waals surface area contributed by atoms with Crippen LogP contribution >= 0.6 is 0 Å². The summed E-state index contributed by atoms with van der Waals surface area (Å²) >= 11 is 0. The fraction of sp³-hybridized carbons (Fsp3) is 0.364. The van der Waals surface area contributed by atoms with Gasteiger partial charge in [-0.05, 0) is 44.4 Å². The fourth-order valence-corrected chi connectivity index (χ4v) is 4.50. The highest BCUT2D eigenvalue weighted by Gasteiger charge is 2.27. The van der Waals surface area contributed by atoms with Gasteiger partial charge in [0.25, 0.3) is 0 Å². The van der Waals surface area contributed by atoms with Gasteiger partial charge in [0.1, 0.15) is 11.7 Å². The van der Waals surface area contributed by atoms with Crippen LogP contribution in [0.3, 0.4) is 0 Å². The molecule has 0 aliphatic carbocycles. The average Bonchev–Trinajstić information content (AvgIpc) is 2.71. The summed E-state index contributed by atoms with van der Waals surface area (Å²) in [5.74, 6) is -1.70. The number of carbonyl (C=O) groups is 2. The predicted octanol–water partition coefficient (Wildman–Crippen LogP) is 3.43. The van der Waals surface area contributed by atoms with Crippen LogP contribution in [0.1, 0.15) is 32.3 Å². The normalized spacial score (nSPS) is 12.5. The molecular weight excluding hydrogens is 390 g/mol. The van der Waals surface area contributed by atoms with Crippen LogP contribution in [0.15, 0.2) is 65.6 Å². The third-order valence-electron chi connectivity index (χ3n) is 4.54. The van der Waals surface area contributed by atoms with Crippen molar-refractivity contribution in [1.29, 1.82) is 0 Å². The highest BCUT2D eigenvalue weighted by Crippen LogP contribution is 2.20. The zero-order valence-corrected chi connectivity index (χ0v) is 17.6. The van der Waals surface area contributed by atoms with Crippen molar-refractivity contribution in [3.63, 3.8) is 0 Å². The number of Topliss-reactive ketones (excluding diaryl/α,β-unsaturated/α-hetero) is 1. The maximum absolute atomic E-state index is 13.2. The molecule has 0 saturated heterocycles. The summed E-state index contributed by atoms with van der Waals surface area (Å²) in [4.78, 5) is 24.0. The van der Waals surface area contributed by atoms with Crippen molar-refractivity contribution in [2.24, 2.45) is 5.92 Å². The molecule has 0 radical (unpaired) electrons. The largest absolute Gasteiger partial charge is 0.465 e. The van der Waals surface area contributed by atoms with Crippen LogP contribution < -0.4 is 0 Å². The molecule has 0 aromatic heterocycles. The molecule has 156 valence electrons. The van der Waals surface area contributed by atoms with E-state index in [9.17, 15) is 18.0 Å². The van der Waals surface area contributed by atoms with E-state index in [2.05, 4.69) is 0 Å². The van der Waals surface area contributed by atoms with Crippen molar-refractivity contribution in [3.8, 4) is 0 Å². The molecule has 2 aromatic carbocycles. The van der Waals surface area contributed by atoms with Crippen molar-refractivity contribution in [1.82, 2.24) is 4.31 Å². The maximum Gasteiger partial charge on any atom is 0.316 e. The van der Waals surface area contributed by atoms with Gasteiger partial charge >= 0.3 is 5.97 Å². The summed E-state index contributed by atoms with van der Waals surface area (Å²) in [6.45, 7) is 3.63. The third kappa shape index (κ3) is 6.51. The van der Waals surface area contributed by atoms with Crippen LogP contribution in [-0.2, 0) is 30.9 Å². The lowest BCUT2D eigenvalue weighted by Crippen LogP contribution is -2.33. The topological polar surface area (TPSA) is 80.8 Å². The van der Waals surface area contributed by atoms with E-state index in [1.165, 1.54) is 11.2 Å². The van der Waals surface area contributed by atoms with Gasteiger partial charge in [-0.3, -0.25) is 9.59 Å². The Morgan fingerprint density at radius 1 is 1.00 bits per heavy atom. The Balaban J connectivity index is 2.17. The van der Waals surface area contributed by atoms with Crippen LogP contribution in [0.2, 0.25) is 0 Å². The molecule has 2 rings (SSSR count). The van der Waals surface area contributed by atoms with Gasteiger partial charge in [0.2, 0.25) is 10.0 Å². The van der Waals surface area contributed by atoms with Crippen molar-refractivity contribution < 1.29 is 22.7 Å². The first-order chi connectivity index (χ1) is 13.9. The molecule has 1 atom stereocenters. The number of esters is 1. The standard InChI is InChI=1S/C22H27NO5S/c1-3-28-22(25)21(18(2)24)15-10-16-23(17-19-11-6-4-7-12-19)29(26,27)20-13-8-5-9-14-20/h4-9,11-14,21H,3,10,15-17H2,1-2H3. The number of nitrogens with zero attached hydrogens (tertiary/aromatic N) is 1. The van der Waals surface area contributed by atoms with E-state index in [0.717, 1.165) is 5.56 Å². The zero-order chi connectivity index (χ0) is 21.3. The second-order valence-corrected chi connectivity index (χ2v) is 8.63. The Labute approximate surface area is 172 Å². The summed E-state index contributed by atoms with van der Waals surface area (Å²) < 4.78 is 32.7. The van der Waals surface area contributed by atoms with E-state index in [4.69, 9.17) is 4.74 Å². The van der Waals surface area contributed by atoms with E-state index in [1.54, 1.807) is 37.3 Å². The quantitative estimate of drug-likeness (QED) is 0.413. The van der Waals surface area contributed by atoms with Gasteiger partial charge in [0.15, 0.2) is 0 Å². The fourth-order valence-electron chi connectivity index (χ4n) is 3.01. The minimum atomic E-state index is -3.72. The summed E-state index contributed by atoms with van der Waals surface area (Å²) in [5.41, 5.74) is 0.862. The van der Waals surface area contributed by atoms with Crippen molar-refractivity contribution in [3.05, 3.63) is 66.2 Å². The smallest absolute Gasteiger partial charge is 0.316 e. The number of carbonyl (C=O) groups excluding carboxylic acids is 2. The lowest BCUT2D eigenvalue weighted by atomic mass is 9.99. The number of sulfonamides is 1. The predicted molar refractivity (Wildman–Crippen MR) is 111 cm³/mol. The molecule has 1 unspecified atom stereocenters. The number of rotatable bonds is 11. The van der Waals surface area contributed by atoms with Gasteiger partial charge in [-0.15, -0.1) is 0 Å². The highest BCUT2D eigenvalue weighted by atomic mass is 32.2. The van der Waals surface area contributed by atoms with Gasteiger partial charge < -0.3 is 4.74 Å². The molecule has 0 aliphatic rings. The van der Waals surface area contributed by atoms with Crippen LogP contribution in [-0.4, -0.2) is 37.6 Å². The molecule has 7 heteroatoms. The second kappa shape index (κ2) is 10.9. The molecule has 0 N–H and O–H groups in total. The van der Waals surface area contributed by atoms with Crippen molar-refractivity contribution >= 4 is 21.8 Å². The minimum absolute atomic E-state index is 0.190. The van der Waals surface area contributed by atoms with E-state index < -0.39 is 21.9 Å². The van der Waals surface area contributed by atoms with E-state index in [0.29, 0.717) is 6.42 Å². The second-order valence-electron chi connectivity index (χ2n) is 6.69. The summed E-state index contributed by atoms with van der Waals surface area (Å²) in [6, 6.07) is 17.6. The monoisotopic (exact) mass is 417 g/mol. The Morgan fingerprint density at radius 2 is 1.59 bits per heavy atom. The molecule has 0 spiro atoms. The van der Waals surface area contributed by atoms with Gasteiger partial charge in [0, 0.05) is 13.1 Å². The Kier molecular flexibility index (Phi) is 8.54. The molecule has 0 amide bonds. The zero-order valence-electron chi connectivity index (χ0n) is 16.8. The van der Waals surface area contributed by atoms with Crippen molar-refractivity contribution in [2.75, 3.05) is 13.2 Å². The summed E-state index contributed by atoms with van der Waals surface area (Å²) in [7, 11) is -3.72. The minimum Gasteiger partial charge on any atom is -0.465 e. The highest BCUT2D eigenvalue weighted by molar-refractivity contribution is 7.89. The summed E-state index contributed by atoms with van der Waals surface area (Å²) in [6.07, 6.45) is 0.603. The molecule has 2 aromatic rings. The Morgan fingerprint density at radius 3 is 2.14 bits per heavy atom. The van der Waals surface area contributed by atoms with E-state index >= 15 is 0 Å². The molecular formula is C22H27NO5S. The van der Waals surface area contributed by atoms with Crippen LogP contribution in [0.4, 0.5) is 0 Å². The molecule has 0 bridgehead atoms. The van der Waals surface area contributed by atoms with Crippen molar-refractivity contribution in [2.45, 2.75) is 38.1 Å². The van der Waals surface area contributed by atoms with E-state index in [-0.39, 0.29) is 36.8 Å². The molecule has 0 heterocycles. The number of hydrogen-bond donors (Lipinski definition) is 0. The van der Waals surface area contributed by atoms with Gasteiger partial charge in [0.05, 0.1) is 11.5 Å². The molecule has 6 nitrogen and oxygen atoms in total. The Hall–Kier alpha value is -2.51. The van der Waals surface area contributed by atoms with Crippen LogP contribution in [0, 0.1) is 5.92 Å². The Bertz CT molecular complexity index is 897. The number of ketones is 1. The first-order valence-electron chi connectivity index (χ1n) is 9.62. The van der Waals surface area contributed by atoms with Crippen LogP contribution in [0.25, 0.3) is 0 Å². The van der Waals surface area contributed by atoms with Gasteiger partial charge in [-0.1, -0.05) is 48.5 Å². The molecule has 29 heavy (non-hydrogen) atoms. The van der Waals surface area contributed by atoms with E-state index in [1.807, 2.05) is 30.3 Å². The number of benzene rings is 2. The molecule has 0 saturated carbocycles. The number of hydrogen-bond acceptors (Lipinski definition) is 5. The number of ether oxygens (including phenoxy) is 1. The average molecular weight is 418 g/mol. The van der Waals surface area contributed by atoms with Gasteiger partial charge in [-0.25, -0.2) is 8.42 Å². The summed E-state index contributed by atoms with van der Waals surface area (Å²) in [5, 5.41) is 0. The van der Waals surface area contributed by atoms with Gasteiger partial charge in [-0.2, -0.15) is 4.31 Å². The lowest BCUT2D eigenvalue weighted by Gasteiger charge is -2.23. The molecule has 0 aliphatic heterocycles.